The number of ether oxygens (including phenoxy) is 2. The smallest absolute Gasteiger partial charge is 0.325 e. The van der Waals surface area contributed by atoms with E-state index in [1.807, 2.05) is 0 Å². The third kappa shape index (κ3) is 9.35. The summed E-state index contributed by atoms with van der Waals surface area (Å²) in [4.78, 5) is 48.4. The molecule has 55 heavy (non-hydrogen) atoms. The second-order valence-corrected chi connectivity index (χ2v) is 17.7. The molecule has 0 fully saturated rings. The van der Waals surface area contributed by atoms with E-state index >= 15 is 0 Å². The number of hydrogen-bond donors (Lipinski definition) is 3. The second-order valence-electron chi connectivity index (χ2n) is 14.2. The molecule has 2 aliphatic rings. The van der Waals surface area contributed by atoms with Gasteiger partial charge in [0.05, 0.1) is 18.2 Å². The van der Waals surface area contributed by atoms with Gasteiger partial charge in [0.15, 0.2) is 0 Å². The molecule has 15 nitrogen and oxygen atoms in total. The Hall–Kier alpha value is -5.68. The number of nitrogens with zero attached hydrogens (tertiary/aromatic N) is 2. The van der Waals surface area contributed by atoms with Crippen LogP contribution in [-0.4, -0.2) is 85.6 Å². The van der Waals surface area contributed by atoms with Gasteiger partial charge in [0, 0.05) is 0 Å². The first kappa shape index (κ1) is 42.1. The van der Waals surface area contributed by atoms with E-state index in [0.29, 0.717) is 16.9 Å². The van der Waals surface area contributed by atoms with E-state index in [9.17, 15) is 36.0 Å². The minimum atomic E-state index is -4.11. The van der Waals surface area contributed by atoms with Crippen LogP contribution in [-0.2, 0) is 50.6 Å². The van der Waals surface area contributed by atoms with Gasteiger partial charge in [0.1, 0.15) is 46.7 Å². The molecule has 0 atom stereocenters. The van der Waals surface area contributed by atoms with Gasteiger partial charge in [-0.05, 0) is 70.4 Å². The number of carboxylic acid groups (broad SMARTS) is 1. The maximum Gasteiger partial charge on any atom is 0.325 e. The van der Waals surface area contributed by atoms with Crippen molar-refractivity contribution in [1.29, 1.82) is 0 Å². The molecule has 5 rings (SSSR count). The van der Waals surface area contributed by atoms with Crippen LogP contribution in [0.5, 0.6) is 5.75 Å². The normalized spacial score (nSPS) is 16.4. The highest BCUT2D eigenvalue weighted by molar-refractivity contribution is 8.00. The summed E-state index contributed by atoms with van der Waals surface area (Å²) in [5.41, 5.74) is -0.846. The molecular formula is C38H44N4O11S2. The number of amides is 2. The van der Waals surface area contributed by atoms with E-state index in [-0.39, 0.29) is 34.4 Å². The Morgan fingerprint density at radius 2 is 1.05 bits per heavy atom. The maximum atomic E-state index is 13.2. The van der Waals surface area contributed by atoms with Crippen LogP contribution in [0.1, 0.15) is 58.2 Å². The number of methoxy groups -OCH3 is 1. The van der Waals surface area contributed by atoms with Crippen LogP contribution in [0.3, 0.4) is 0 Å². The number of carbonyl (C=O) groups is 4. The monoisotopic (exact) mass is 796 g/mol. The molecule has 0 radical (unpaired) electrons. The summed E-state index contributed by atoms with van der Waals surface area (Å²) in [6.07, 6.45) is 0. The van der Waals surface area contributed by atoms with E-state index < -0.39 is 61.4 Å². The Morgan fingerprint density at radius 3 is 1.42 bits per heavy atom. The Labute approximate surface area is 320 Å². The lowest BCUT2D eigenvalue weighted by atomic mass is 10.1. The van der Waals surface area contributed by atoms with Crippen molar-refractivity contribution in [1.82, 2.24) is 19.2 Å². The zero-order valence-corrected chi connectivity index (χ0v) is 33.1. The number of aliphatic carboxylic acids is 1. The van der Waals surface area contributed by atoms with Crippen molar-refractivity contribution in [2.45, 2.75) is 59.2 Å². The van der Waals surface area contributed by atoms with E-state index in [4.69, 9.17) is 14.6 Å². The standard InChI is InChI=1S/C23H26N2O6S.C15H18N2O5S/c1-23(2,3)25-22(27)20(21(32(25,28)29)17-8-6-5-7-9-17)24-14-19(26)31-15-16-10-12-18(30-4)13-11-16;1-15(2,3)17-14(20)12(16-9-11(18)19)13(23(17,21)22)10-7-5-4-6-8-10/h5-13,24H,14-15H2,1-4H3;4-8,16H,9H2,1-3H3,(H,18,19). The zero-order chi connectivity index (χ0) is 40.9. The van der Waals surface area contributed by atoms with E-state index in [2.05, 4.69) is 10.6 Å². The number of hydrogen-bond acceptors (Lipinski definition) is 12. The summed E-state index contributed by atoms with van der Waals surface area (Å²) in [5, 5.41) is 14.0. The van der Waals surface area contributed by atoms with Crippen molar-refractivity contribution in [3.05, 3.63) is 113 Å². The fourth-order valence-electron chi connectivity index (χ4n) is 5.73. The van der Waals surface area contributed by atoms with Crippen LogP contribution >= 0.6 is 0 Å². The molecule has 2 amide bonds. The highest BCUT2D eigenvalue weighted by Gasteiger charge is 2.50. The van der Waals surface area contributed by atoms with Crippen LogP contribution in [0.25, 0.3) is 9.81 Å². The number of sulfonamides is 2. The maximum absolute atomic E-state index is 13.2. The average molecular weight is 797 g/mol. The minimum absolute atomic E-state index is 0.0372. The molecule has 0 saturated carbocycles. The van der Waals surface area contributed by atoms with Crippen LogP contribution in [0.4, 0.5) is 0 Å². The highest BCUT2D eigenvalue weighted by Crippen LogP contribution is 2.40. The molecule has 2 heterocycles. The van der Waals surface area contributed by atoms with Gasteiger partial charge in [-0.15, -0.1) is 0 Å². The molecular weight excluding hydrogens is 753 g/mol. The molecule has 3 aromatic carbocycles. The van der Waals surface area contributed by atoms with Crippen molar-refractivity contribution in [2.24, 2.45) is 0 Å². The number of nitrogens with one attached hydrogen (secondary N) is 2. The lowest BCUT2D eigenvalue weighted by Crippen LogP contribution is -2.47. The van der Waals surface area contributed by atoms with Crippen molar-refractivity contribution >= 4 is 53.6 Å². The van der Waals surface area contributed by atoms with Gasteiger partial charge in [-0.1, -0.05) is 72.8 Å². The molecule has 0 spiro atoms. The molecule has 3 aromatic rings. The van der Waals surface area contributed by atoms with Gasteiger partial charge in [0.2, 0.25) is 0 Å². The topological polar surface area (TPSA) is 206 Å². The van der Waals surface area contributed by atoms with E-state index in [0.717, 1.165) is 14.2 Å². The van der Waals surface area contributed by atoms with Crippen molar-refractivity contribution in [2.75, 3.05) is 20.2 Å². The first-order chi connectivity index (χ1) is 25.6. The van der Waals surface area contributed by atoms with Crippen LogP contribution in [0.2, 0.25) is 0 Å². The van der Waals surface area contributed by atoms with Crippen molar-refractivity contribution < 1.29 is 50.6 Å². The predicted octanol–water partition coefficient (Wildman–Crippen LogP) is 3.67. The zero-order valence-electron chi connectivity index (χ0n) is 31.4. The summed E-state index contributed by atoms with van der Waals surface area (Å²) in [5.74, 6) is -2.59. The van der Waals surface area contributed by atoms with Crippen LogP contribution in [0, 0.1) is 0 Å². The molecule has 0 bridgehead atoms. The van der Waals surface area contributed by atoms with Crippen LogP contribution < -0.4 is 15.4 Å². The first-order valence-corrected chi connectivity index (χ1v) is 19.8. The van der Waals surface area contributed by atoms with E-state index in [1.165, 1.54) is 0 Å². The number of carbonyl (C=O) groups excluding carboxylic acids is 3. The van der Waals surface area contributed by atoms with Crippen molar-refractivity contribution in [3.63, 3.8) is 0 Å². The summed E-state index contributed by atoms with van der Waals surface area (Å²) >= 11 is 0. The molecule has 3 N–H and O–H groups in total. The van der Waals surface area contributed by atoms with Gasteiger partial charge in [-0.3, -0.25) is 19.2 Å². The van der Waals surface area contributed by atoms with Gasteiger partial charge in [-0.25, -0.2) is 25.4 Å². The quantitative estimate of drug-likeness (QED) is 0.237. The van der Waals surface area contributed by atoms with Gasteiger partial charge in [0.25, 0.3) is 31.9 Å². The van der Waals surface area contributed by atoms with Crippen LogP contribution in [0.15, 0.2) is 96.3 Å². The fourth-order valence-corrected chi connectivity index (χ4v) is 9.85. The Balaban J connectivity index is 0.000000258. The molecule has 0 unspecified atom stereocenters. The Morgan fingerprint density at radius 1 is 0.655 bits per heavy atom. The first-order valence-electron chi connectivity index (χ1n) is 16.9. The molecule has 2 aliphatic heterocycles. The predicted molar refractivity (Wildman–Crippen MR) is 204 cm³/mol. The molecule has 0 saturated heterocycles. The summed E-state index contributed by atoms with van der Waals surface area (Å²) in [6, 6.07) is 23.5. The third-order valence-electron chi connectivity index (χ3n) is 7.92. The van der Waals surface area contributed by atoms with Gasteiger partial charge < -0.3 is 25.2 Å². The summed E-state index contributed by atoms with van der Waals surface area (Å²) in [6.45, 7) is 8.84. The third-order valence-corrected chi connectivity index (χ3v) is 12.2. The average Bonchev–Trinajstić information content (AvgIpc) is 3.45. The van der Waals surface area contributed by atoms with Crippen molar-refractivity contribution in [3.8, 4) is 5.75 Å². The van der Waals surface area contributed by atoms with E-state index in [1.54, 1.807) is 134 Å². The molecule has 0 aliphatic carbocycles. The van der Waals surface area contributed by atoms with Gasteiger partial charge >= 0.3 is 11.9 Å². The molecule has 0 aromatic heterocycles. The molecule has 17 heteroatoms. The SMILES string of the molecule is CC(C)(C)N1C(=O)C(NCC(=O)O)=C(c2ccccc2)S1(=O)=O.COc1ccc(COC(=O)CNC2=C(c3ccccc3)S(=O)(=O)N(C(C)(C)C)C2=O)cc1. The Bertz CT molecular complexity index is 2220. The lowest BCUT2D eigenvalue weighted by Gasteiger charge is -2.30. The fraction of sp³-hybridized carbons (Fsp3) is 0.316. The molecule has 294 valence electrons. The summed E-state index contributed by atoms with van der Waals surface area (Å²) in [7, 11) is -6.63. The van der Waals surface area contributed by atoms with Gasteiger partial charge in [-0.2, -0.15) is 0 Å². The lowest BCUT2D eigenvalue weighted by molar-refractivity contribution is -0.143. The Kier molecular flexibility index (Phi) is 12.5. The highest BCUT2D eigenvalue weighted by atomic mass is 32.2. The number of rotatable bonds is 11. The second kappa shape index (κ2) is 16.4. The number of carboxylic acids is 1. The number of esters is 1. The minimum Gasteiger partial charge on any atom is -0.497 e. The summed E-state index contributed by atoms with van der Waals surface area (Å²) < 4.78 is 64.2. The number of benzene rings is 3. The largest absolute Gasteiger partial charge is 0.497 e.